The van der Waals surface area contributed by atoms with E-state index in [0.717, 1.165) is 5.56 Å². The summed E-state index contributed by atoms with van der Waals surface area (Å²) in [5.74, 6) is 1.08. The number of rotatable bonds is 7. The number of carbonyl (C=O) groups is 1. The number of hydrogen-bond donors (Lipinski definition) is 1. The third-order valence-corrected chi connectivity index (χ3v) is 5.04. The predicted molar refractivity (Wildman–Crippen MR) is 111 cm³/mol. The maximum Gasteiger partial charge on any atom is 0.254 e. The number of anilines is 1. The lowest BCUT2D eigenvalue weighted by Crippen LogP contribution is -2.29. The fourth-order valence-corrected chi connectivity index (χ4v) is 3.60. The zero-order valence-electron chi connectivity index (χ0n) is 15.7. The van der Waals surface area contributed by atoms with Gasteiger partial charge in [0.2, 0.25) is 5.91 Å². The molecule has 28 heavy (non-hydrogen) atoms. The molecule has 144 valence electrons. The van der Waals surface area contributed by atoms with Gasteiger partial charge in [0.25, 0.3) is 5.56 Å². The lowest BCUT2D eigenvalue weighted by molar-refractivity contribution is -0.116. The van der Waals surface area contributed by atoms with Crippen molar-refractivity contribution >= 4 is 23.4 Å². The number of aromatic nitrogens is 2. The van der Waals surface area contributed by atoms with Crippen LogP contribution >= 0.6 is 11.8 Å². The molecule has 1 N–H and O–H groups in total. The van der Waals surface area contributed by atoms with Crippen molar-refractivity contribution in [3.8, 4) is 5.75 Å². The highest BCUT2D eigenvalue weighted by atomic mass is 32.2. The average molecular weight is 395 g/mol. The Labute approximate surface area is 167 Å². The van der Waals surface area contributed by atoms with Gasteiger partial charge in [0.05, 0.1) is 7.11 Å². The van der Waals surface area contributed by atoms with E-state index in [1.165, 1.54) is 22.4 Å². The lowest BCUT2D eigenvalue weighted by atomic mass is 10.2. The molecule has 2 aromatic carbocycles. The van der Waals surface area contributed by atoms with Crippen LogP contribution in [0.15, 0.2) is 70.6 Å². The van der Waals surface area contributed by atoms with Crippen molar-refractivity contribution in [1.82, 2.24) is 9.55 Å². The fraction of sp³-hybridized carbons (Fsp3) is 0.190. The summed E-state index contributed by atoms with van der Waals surface area (Å²) in [5.41, 5.74) is 2.15. The van der Waals surface area contributed by atoms with Gasteiger partial charge >= 0.3 is 0 Å². The Balaban J connectivity index is 1.74. The largest absolute Gasteiger partial charge is 0.497 e. The highest BCUT2D eigenvalue weighted by Crippen LogP contribution is 2.20. The van der Waals surface area contributed by atoms with Gasteiger partial charge in [-0.1, -0.05) is 42.1 Å². The second-order valence-corrected chi connectivity index (χ2v) is 7.10. The molecule has 0 radical (unpaired) electrons. The minimum absolute atomic E-state index is 0.102. The summed E-state index contributed by atoms with van der Waals surface area (Å²) >= 11 is 1.44. The van der Waals surface area contributed by atoms with Crippen molar-refractivity contribution in [2.24, 2.45) is 0 Å². The highest BCUT2D eigenvalue weighted by molar-refractivity contribution is 7.98. The van der Waals surface area contributed by atoms with Gasteiger partial charge in [-0.15, -0.1) is 0 Å². The molecule has 3 aromatic rings. The lowest BCUT2D eigenvalue weighted by Gasteiger charge is -2.12. The minimum Gasteiger partial charge on any atom is -0.497 e. The number of nitrogens with zero attached hydrogens (tertiary/aromatic N) is 2. The Morgan fingerprint density at radius 3 is 2.54 bits per heavy atom. The van der Waals surface area contributed by atoms with Gasteiger partial charge in [-0.2, -0.15) is 0 Å². The second-order valence-electron chi connectivity index (χ2n) is 6.16. The summed E-state index contributed by atoms with van der Waals surface area (Å²) in [6, 6.07) is 18.4. The summed E-state index contributed by atoms with van der Waals surface area (Å²) < 4.78 is 6.51. The van der Waals surface area contributed by atoms with Crippen LogP contribution in [0, 0.1) is 6.92 Å². The van der Waals surface area contributed by atoms with Crippen molar-refractivity contribution in [1.29, 1.82) is 0 Å². The first-order valence-electron chi connectivity index (χ1n) is 8.74. The maximum absolute atomic E-state index is 12.5. The monoisotopic (exact) mass is 395 g/mol. The number of carbonyl (C=O) groups excluding carboxylic acids is 1. The van der Waals surface area contributed by atoms with Crippen LogP contribution in [0.4, 0.5) is 5.69 Å². The summed E-state index contributed by atoms with van der Waals surface area (Å²) in [6.07, 6.45) is 0. The summed E-state index contributed by atoms with van der Waals surface area (Å²) in [6.45, 7) is 1.67. The first kappa shape index (κ1) is 19.7. The van der Waals surface area contributed by atoms with E-state index in [-0.39, 0.29) is 18.0 Å². The van der Waals surface area contributed by atoms with Crippen molar-refractivity contribution in [2.45, 2.75) is 24.4 Å². The van der Waals surface area contributed by atoms with E-state index in [4.69, 9.17) is 4.74 Å². The number of benzene rings is 2. The molecule has 3 rings (SSSR count). The molecule has 0 aliphatic heterocycles. The SMILES string of the molecule is COc1ccc(NC(=O)Cn2c(SCc3ccccc3)nc(C)cc2=O)cc1. The van der Waals surface area contributed by atoms with Crippen LogP contribution < -0.4 is 15.6 Å². The van der Waals surface area contributed by atoms with E-state index >= 15 is 0 Å². The predicted octanol–water partition coefficient (Wildman–Crippen LogP) is 3.49. The van der Waals surface area contributed by atoms with E-state index in [9.17, 15) is 9.59 Å². The normalized spacial score (nSPS) is 10.5. The Kier molecular flexibility index (Phi) is 6.49. The molecule has 1 aromatic heterocycles. The molecule has 0 aliphatic rings. The van der Waals surface area contributed by atoms with E-state index < -0.39 is 0 Å². The van der Waals surface area contributed by atoms with Gasteiger partial charge in [-0.05, 0) is 36.8 Å². The highest BCUT2D eigenvalue weighted by Gasteiger charge is 2.12. The van der Waals surface area contributed by atoms with Crippen LogP contribution in [0.3, 0.4) is 0 Å². The van der Waals surface area contributed by atoms with Gasteiger partial charge in [0.1, 0.15) is 12.3 Å². The van der Waals surface area contributed by atoms with Crippen LogP contribution in [0.25, 0.3) is 0 Å². The second kappa shape index (κ2) is 9.23. The average Bonchev–Trinajstić information content (AvgIpc) is 2.70. The van der Waals surface area contributed by atoms with Gasteiger partial charge in [0.15, 0.2) is 5.16 Å². The van der Waals surface area contributed by atoms with Crippen LogP contribution in [-0.4, -0.2) is 22.6 Å². The van der Waals surface area contributed by atoms with Gasteiger partial charge in [-0.3, -0.25) is 14.2 Å². The van der Waals surface area contributed by atoms with E-state index in [1.807, 2.05) is 30.3 Å². The quantitative estimate of drug-likeness (QED) is 0.490. The molecule has 6 nitrogen and oxygen atoms in total. The van der Waals surface area contributed by atoms with Crippen LogP contribution in [-0.2, 0) is 17.1 Å². The summed E-state index contributed by atoms with van der Waals surface area (Å²) in [4.78, 5) is 29.4. The van der Waals surface area contributed by atoms with Crippen molar-refractivity contribution in [3.63, 3.8) is 0 Å². The van der Waals surface area contributed by atoms with Crippen LogP contribution in [0.1, 0.15) is 11.3 Å². The topological polar surface area (TPSA) is 73.2 Å². The van der Waals surface area contributed by atoms with Crippen molar-refractivity contribution in [3.05, 3.63) is 82.3 Å². The molecule has 0 aliphatic carbocycles. The maximum atomic E-state index is 12.5. The molecule has 0 fully saturated rings. The van der Waals surface area contributed by atoms with Gasteiger partial charge < -0.3 is 10.1 Å². The Morgan fingerprint density at radius 1 is 1.14 bits per heavy atom. The number of thioether (sulfide) groups is 1. The Hall–Kier alpha value is -3.06. The van der Waals surface area contributed by atoms with Gasteiger partial charge in [-0.25, -0.2) is 4.98 Å². The number of ether oxygens (including phenoxy) is 1. The number of hydrogen-bond acceptors (Lipinski definition) is 5. The first-order valence-corrected chi connectivity index (χ1v) is 9.73. The number of methoxy groups -OCH3 is 1. The molecule has 0 saturated carbocycles. The molecular formula is C21H21N3O3S. The van der Waals surface area contributed by atoms with E-state index in [2.05, 4.69) is 10.3 Å². The fourth-order valence-electron chi connectivity index (χ4n) is 2.59. The molecule has 1 amide bonds. The molecule has 0 spiro atoms. The molecule has 0 saturated heterocycles. The first-order chi connectivity index (χ1) is 13.5. The third kappa shape index (κ3) is 5.23. The summed E-state index contributed by atoms with van der Waals surface area (Å²) in [7, 11) is 1.58. The van der Waals surface area contributed by atoms with Gasteiger partial charge in [0, 0.05) is 23.2 Å². The third-order valence-electron chi connectivity index (χ3n) is 3.99. The smallest absolute Gasteiger partial charge is 0.254 e. The zero-order chi connectivity index (χ0) is 19.9. The van der Waals surface area contributed by atoms with E-state index in [1.54, 1.807) is 38.3 Å². The zero-order valence-corrected chi connectivity index (χ0v) is 16.5. The summed E-state index contributed by atoms with van der Waals surface area (Å²) in [5, 5.41) is 3.32. The molecule has 0 unspecified atom stereocenters. The number of aryl methyl sites for hydroxylation is 1. The van der Waals surface area contributed by atoms with Crippen LogP contribution in [0.5, 0.6) is 5.75 Å². The molecule has 1 heterocycles. The van der Waals surface area contributed by atoms with E-state index in [0.29, 0.717) is 28.0 Å². The standard InChI is InChI=1S/C21H21N3O3S/c1-15-12-20(26)24(21(22-15)28-14-16-6-4-3-5-7-16)13-19(25)23-17-8-10-18(27-2)11-9-17/h3-12H,13-14H2,1-2H3,(H,23,25). The molecular weight excluding hydrogens is 374 g/mol. The van der Waals surface area contributed by atoms with Crippen molar-refractivity contribution in [2.75, 3.05) is 12.4 Å². The minimum atomic E-state index is -0.292. The van der Waals surface area contributed by atoms with Crippen LogP contribution in [0.2, 0.25) is 0 Å². The number of nitrogens with one attached hydrogen (secondary N) is 1. The Bertz CT molecular complexity index is 1000. The molecule has 0 atom stereocenters. The van der Waals surface area contributed by atoms with Crippen molar-refractivity contribution < 1.29 is 9.53 Å². The molecule has 0 bridgehead atoms. The molecule has 7 heteroatoms. The Morgan fingerprint density at radius 2 is 1.86 bits per heavy atom. The number of amides is 1.